The molecule has 0 spiro atoms. The van der Waals surface area contributed by atoms with Crippen molar-refractivity contribution in [2.24, 2.45) is 0 Å². The molecule has 0 atom stereocenters. The Hall–Kier alpha value is -1.32. The van der Waals surface area contributed by atoms with Gasteiger partial charge < -0.3 is 9.88 Å². The molecule has 0 aromatic carbocycles. The van der Waals surface area contributed by atoms with Crippen molar-refractivity contribution < 1.29 is 4.79 Å². The zero-order chi connectivity index (χ0) is 14.8. The van der Waals surface area contributed by atoms with Crippen LogP contribution in [0.5, 0.6) is 0 Å². The number of nitrogens with one attached hydrogen (secondary N) is 1. The second-order valence-electron chi connectivity index (χ2n) is 4.34. The van der Waals surface area contributed by atoms with Gasteiger partial charge in [0.15, 0.2) is 0 Å². The molecule has 0 aliphatic carbocycles. The van der Waals surface area contributed by atoms with E-state index >= 15 is 0 Å². The van der Waals surface area contributed by atoms with Gasteiger partial charge >= 0.3 is 0 Å². The van der Waals surface area contributed by atoms with Gasteiger partial charge in [-0.1, -0.05) is 34.6 Å². The fraction of sp³-hybridized carbons (Fsp3) is 0.733. The molecule has 110 valence electrons. The highest BCUT2D eigenvalue weighted by atomic mass is 16.2. The molecule has 1 amide bonds. The van der Waals surface area contributed by atoms with E-state index in [1.807, 2.05) is 31.5 Å². The van der Waals surface area contributed by atoms with Gasteiger partial charge in [0.25, 0.3) is 0 Å². The van der Waals surface area contributed by atoms with Crippen molar-refractivity contribution in [3.8, 4) is 0 Å². The monoisotopic (exact) mass is 267 g/mol. The molecule has 4 heteroatoms. The first-order valence-corrected chi connectivity index (χ1v) is 7.42. The summed E-state index contributed by atoms with van der Waals surface area (Å²) in [5.41, 5.74) is 1.04. The van der Waals surface area contributed by atoms with Crippen molar-refractivity contribution >= 4 is 5.91 Å². The second-order valence-corrected chi connectivity index (χ2v) is 4.34. The van der Waals surface area contributed by atoms with E-state index in [1.165, 1.54) is 0 Å². The van der Waals surface area contributed by atoms with Crippen molar-refractivity contribution in [2.45, 2.75) is 73.4 Å². The number of amides is 1. The van der Waals surface area contributed by atoms with E-state index in [2.05, 4.69) is 31.1 Å². The van der Waals surface area contributed by atoms with Gasteiger partial charge in [-0.05, 0) is 26.2 Å². The molecule has 0 unspecified atom stereocenters. The first kappa shape index (κ1) is 17.7. The molecule has 0 fully saturated rings. The number of aromatic nitrogens is 2. The van der Waals surface area contributed by atoms with Crippen LogP contribution in [0.1, 0.15) is 59.0 Å². The van der Waals surface area contributed by atoms with Gasteiger partial charge in [-0.3, -0.25) is 4.79 Å². The third-order valence-electron chi connectivity index (χ3n) is 3.05. The molecular formula is C15H29N3O. The van der Waals surface area contributed by atoms with Crippen molar-refractivity contribution in [1.29, 1.82) is 0 Å². The SMILES string of the molecule is CC.CCc1cn(CC(=O)NC(CC)CC)c(C)n1. The van der Waals surface area contributed by atoms with Crippen LogP contribution in [0, 0.1) is 6.92 Å². The zero-order valence-corrected chi connectivity index (χ0v) is 13.3. The zero-order valence-electron chi connectivity index (χ0n) is 13.3. The maximum absolute atomic E-state index is 11.8. The number of nitrogens with zero attached hydrogens (tertiary/aromatic N) is 2. The molecule has 19 heavy (non-hydrogen) atoms. The topological polar surface area (TPSA) is 46.9 Å². The Labute approximate surface area is 117 Å². The quantitative estimate of drug-likeness (QED) is 0.861. The highest BCUT2D eigenvalue weighted by molar-refractivity contribution is 5.76. The third kappa shape index (κ3) is 5.90. The lowest BCUT2D eigenvalue weighted by Crippen LogP contribution is -2.36. The molecule has 0 radical (unpaired) electrons. The molecule has 0 aliphatic rings. The van der Waals surface area contributed by atoms with Gasteiger partial charge in [-0.25, -0.2) is 4.98 Å². The van der Waals surface area contributed by atoms with E-state index in [-0.39, 0.29) is 11.9 Å². The van der Waals surface area contributed by atoms with Crippen LogP contribution >= 0.6 is 0 Å². The maximum Gasteiger partial charge on any atom is 0.240 e. The fourth-order valence-electron chi connectivity index (χ4n) is 1.83. The summed E-state index contributed by atoms with van der Waals surface area (Å²) in [7, 11) is 0. The largest absolute Gasteiger partial charge is 0.352 e. The second kappa shape index (κ2) is 9.59. The normalized spacial score (nSPS) is 10.1. The molecule has 1 aromatic rings. The lowest BCUT2D eigenvalue weighted by molar-refractivity contribution is -0.122. The third-order valence-corrected chi connectivity index (χ3v) is 3.05. The number of aryl methyl sites for hydroxylation is 2. The first-order valence-electron chi connectivity index (χ1n) is 7.42. The average Bonchev–Trinajstić information content (AvgIpc) is 2.79. The fourth-order valence-corrected chi connectivity index (χ4v) is 1.83. The summed E-state index contributed by atoms with van der Waals surface area (Å²) in [6, 6.07) is 0.289. The van der Waals surface area contributed by atoms with Crippen LogP contribution in [0.3, 0.4) is 0 Å². The minimum atomic E-state index is 0.0712. The Morgan fingerprint density at radius 2 is 1.89 bits per heavy atom. The van der Waals surface area contributed by atoms with Gasteiger partial charge in [0.2, 0.25) is 5.91 Å². The van der Waals surface area contributed by atoms with Crippen LogP contribution in [0.15, 0.2) is 6.20 Å². The number of rotatable bonds is 6. The van der Waals surface area contributed by atoms with E-state index in [0.29, 0.717) is 6.54 Å². The molecule has 1 N–H and O–H groups in total. The predicted octanol–water partition coefficient (Wildman–Crippen LogP) is 3.08. The van der Waals surface area contributed by atoms with Crippen LogP contribution in [-0.4, -0.2) is 21.5 Å². The average molecular weight is 267 g/mol. The summed E-state index contributed by atoms with van der Waals surface area (Å²) in [5, 5.41) is 3.03. The molecule has 4 nitrogen and oxygen atoms in total. The number of imidazole rings is 1. The first-order chi connectivity index (χ1) is 9.10. The standard InChI is InChI=1S/C13H23N3O.C2H6/c1-5-11(6-2)15-13(17)9-16-8-12(7-3)14-10(16)4;1-2/h8,11H,5-7,9H2,1-4H3,(H,15,17);1-2H3. The summed E-state index contributed by atoms with van der Waals surface area (Å²) in [4.78, 5) is 16.2. The van der Waals surface area contributed by atoms with Crippen LogP contribution < -0.4 is 5.32 Å². The Bertz CT molecular complexity index is 367. The smallest absolute Gasteiger partial charge is 0.240 e. The van der Waals surface area contributed by atoms with E-state index in [0.717, 1.165) is 30.8 Å². The molecule has 1 aromatic heterocycles. The summed E-state index contributed by atoms with van der Waals surface area (Å²) >= 11 is 0. The predicted molar refractivity (Wildman–Crippen MR) is 80.2 cm³/mol. The van der Waals surface area contributed by atoms with Gasteiger partial charge in [-0.15, -0.1) is 0 Å². The lowest BCUT2D eigenvalue weighted by atomic mass is 10.2. The Balaban J connectivity index is 0.00000154. The number of carbonyl (C=O) groups is 1. The molecular weight excluding hydrogens is 238 g/mol. The molecule has 0 bridgehead atoms. The minimum absolute atomic E-state index is 0.0712. The summed E-state index contributed by atoms with van der Waals surface area (Å²) in [6.07, 6.45) is 4.82. The van der Waals surface area contributed by atoms with Crippen LogP contribution in [-0.2, 0) is 17.8 Å². The maximum atomic E-state index is 11.8. The molecule has 1 rings (SSSR count). The molecule has 0 saturated carbocycles. The van der Waals surface area contributed by atoms with Crippen LogP contribution in [0.4, 0.5) is 0 Å². The number of hydrogen-bond donors (Lipinski definition) is 1. The highest BCUT2D eigenvalue weighted by Crippen LogP contribution is 2.03. The van der Waals surface area contributed by atoms with E-state index in [9.17, 15) is 4.79 Å². The van der Waals surface area contributed by atoms with Gasteiger partial charge in [0.05, 0.1) is 5.69 Å². The van der Waals surface area contributed by atoms with Crippen molar-refractivity contribution in [3.63, 3.8) is 0 Å². The Kier molecular flexibility index (Phi) is 8.92. The number of hydrogen-bond acceptors (Lipinski definition) is 2. The van der Waals surface area contributed by atoms with Gasteiger partial charge in [0.1, 0.15) is 12.4 Å². The summed E-state index contributed by atoms with van der Waals surface area (Å²) in [5.74, 6) is 0.975. The highest BCUT2D eigenvalue weighted by Gasteiger charge is 2.10. The summed E-state index contributed by atoms with van der Waals surface area (Å²) < 4.78 is 1.91. The van der Waals surface area contributed by atoms with Crippen LogP contribution in [0.2, 0.25) is 0 Å². The van der Waals surface area contributed by atoms with Crippen LogP contribution in [0.25, 0.3) is 0 Å². The van der Waals surface area contributed by atoms with Gasteiger partial charge in [-0.2, -0.15) is 0 Å². The van der Waals surface area contributed by atoms with Crippen molar-refractivity contribution in [1.82, 2.24) is 14.9 Å². The van der Waals surface area contributed by atoms with E-state index < -0.39 is 0 Å². The van der Waals surface area contributed by atoms with E-state index in [4.69, 9.17) is 0 Å². The molecule has 1 heterocycles. The number of carbonyl (C=O) groups excluding carboxylic acids is 1. The Morgan fingerprint density at radius 3 is 2.32 bits per heavy atom. The molecule has 0 aliphatic heterocycles. The van der Waals surface area contributed by atoms with Crippen molar-refractivity contribution in [3.05, 3.63) is 17.7 Å². The van der Waals surface area contributed by atoms with Crippen molar-refractivity contribution in [2.75, 3.05) is 0 Å². The lowest BCUT2D eigenvalue weighted by Gasteiger charge is -2.15. The minimum Gasteiger partial charge on any atom is -0.352 e. The van der Waals surface area contributed by atoms with E-state index in [1.54, 1.807) is 0 Å². The Morgan fingerprint density at radius 1 is 1.32 bits per heavy atom. The molecule has 0 saturated heterocycles. The summed E-state index contributed by atoms with van der Waals surface area (Å²) in [6.45, 7) is 12.5. The van der Waals surface area contributed by atoms with Gasteiger partial charge in [0, 0.05) is 12.2 Å².